The monoisotopic (exact) mass is 349 g/mol. The highest BCUT2D eigenvalue weighted by molar-refractivity contribution is 6.32. The van der Waals surface area contributed by atoms with Crippen molar-refractivity contribution >= 4 is 23.2 Å². The summed E-state index contributed by atoms with van der Waals surface area (Å²) in [4.78, 5) is 12.6. The van der Waals surface area contributed by atoms with E-state index in [9.17, 15) is 4.79 Å². The molecule has 2 rings (SSSR count). The summed E-state index contributed by atoms with van der Waals surface area (Å²) >= 11 is 6.21. The zero-order chi connectivity index (χ0) is 17.7. The maximum absolute atomic E-state index is 12.6. The SMILES string of the molecule is CCOc1c(Cl)cc(C(=O)Nc2cc(C)ccc2OC)cc1OC. The number of carbonyl (C=O) groups excluding carboxylic acids is 1. The fourth-order valence-electron chi connectivity index (χ4n) is 2.25. The summed E-state index contributed by atoms with van der Waals surface area (Å²) in [6.07, 6.45) is 0. The van der Waals surface area contributed by atoms with Crippen molar-refractivity contribution in [1.82, 2.24) is 0 Å². The number of hydrogen-bond donors (Lipinski definition) is 1. The van der Waals surface area contributed by atoms with Crippen molar-refractivity contribution in [2.45, 2.75) is 13.8 Å². The molecule has 0 radical (unpaired) electrons. The van der Waals surface area contributed by atoms with Gasteiger partial charge in [0.2, 0.25) is 0 Å². The van der Waals surface area contributed by atoms with Crippen molar-refractivity contribution in [3.05, 3.63) is 46.5 Å². The molecule has 0 heterocycles. The van der Waals surface area contributed by atoms with E-state index in [1.54, 1.807) is 25.3 Å². The van der Waals surface area contributed by atoms with Gasteiger partial charge in [0.1, 0.15) is 5.75 Å². The third-order valence-corrected chi connectivity index (χ3v) is 3.66. The molecule has 0 aliphatic rings. The first-order valence-electron chi connectivity index (χ1n) is 7.46. The third kappa shape index (κ3) is 3.92. The van der Waals surface area contributed by atoms with Crippen LogP contribution in [0.15, 0.2) is 30.3 Å². The van der Waals surface area contributed by atoms with Crippen LogP contribution in [0.3, 0.4) is 0 Å². The maximum atomic E-state index is 12.6. The van der Waals surface area contributed by atoms with Gasteiger partial charge in [-0.2, -0.15) is 0 Å². The summed E-state index contributed by atoms with van der Waals surface area (Å²) in [6.45, 7) is 4.23. The van der Waals surface area contributed by atoms with Crippen LogP contribution in [0.5, 0.6) is 17.2 Å². The summed E-state index contributed by atoms with van der Waals surface area (Å²) in [5.74, 6) is 1.09. The van der Waals surface area contributed by atoms with E-state index in [2.05, 4.69) is 5.32 Å². The summed E-state index contributed by atoms with van der Waals surface area (Å²) < 4.78 is 16.0. The van der Waals surface area contributed by atoms with E-state index in [4.69, 9.17) is 25.8 Å². The highest BCUT2D eigenvalue weighted by atomic mass is 35.5. The van der Waals surface area contributed by atoms with E-state index in [1.807, 2.05) is 26.0 Å². The number of methoxy groups -OCH3 is 2. The Labute approximate surface area is 146 Å². The average molecular weight is 350 g/mol. The van der Waals surface area contributed by atoms with Crippen LogP contribution >= 0.6 is 11.6 Å². The smallest absolute Gasteiger partial charge is 0.255 e. The largest absolute Gasteiger partial charge is 0.495 e. The Morgan fingerprint density at radius 3 is 2.46 bits per heavy atom. The van der Waals surface area contributed by atoms with Gasteiger partial charge in [-0.3, -0.25) is 4.79 Å². The van der Waals surface area contributed by atoms with Crippen LogP contribution in [0.4, 0.5) is 5.69 Å². The molecule has 24 heavy (non-hydrogen) atoms. The summed E-state index contributed by atoms with van der Waals surface area (Å²) in [7, 11) is 3.05. The van der Waals surface area contributed by atoms with Crippen molar-refractivity contribution in [1.29, 1.82) is 0 Å². The third-order valence-electron chi connectivity index (χ3n) is 3.38. The molecule has 0 aliphatic carbocycles. The zero-order valence-corrected chi connectivity index (χ0v) is 14.9. The molecule has 0 aromatic heterocycles. The van der Waals surface area contributed by atoms with E-state index < -0.39 is 0 Å². The van der Waals surface area contributed by atoms with E-state index >= 15 is 0 Å². The molecule has 0 saturated carbocycles. The number of nitrogens with one attached hydrogen (secondary N) is 1. The number of halogens is 1. The minimum atomic E-state index is -0.317. The fourth-order valence-corrected chi connectivity index (χ4v) is 2.51. The molecule has 0 aliphatic heterocycles. The van der Waals surface area contributed by atoms with Crippen molar-refractivity contribution in [2.24, 2.45) is 0 Å². The number of hydrogen-bond acceptors (Lipinski definition) is 4. The second-order valence-corrected chi connectivity index (χ2v) is 5.49. The Morgan fingerprint density at radius 1 is 1.12 bits per heavy atom. The first-order valence-corrected chi connectivity index (χ1v) is 7.84. The molecule has 2 aromatic carbocycles. The van der Waals surface area contributed by atoms with Gasteiger partial charge < -0.3 is 19.5 Å². The maximum Gasteiger partial charge on any atom is 0.255 e. The lowest BCUT2D eigenvalue weighted by atomic mass is 10.1. The minimum absolute atomic E-state index is 0.317. The molecule has 128 valence electrons. The number of ether oxygens (including phenoxy) is 3. The van der Waals surface area contributed by atoms with Gasteiger partial charge >= 0.3 is 0 Å². The molecular formula is C18H20ClNO4. The first-order chi connectivity index (χ1) is 11.5. The Bertz CT molecular complexity index is 746. The molecule has 0 bridgehead atoms. The van der Waals surface area contributed by atoms with E-state index in [-0.39, 0.29) is 5.91 Å². The fraction of sp³-hybridized carbons (Fsp3) is 0.278. The normalized spacial score (nSPS) is 10.2. The number of aryl methyl sites for hydroxylation is 1. The predicted molar refractivity (Wildman–Crippen MR) is 94.9 cm³/mol. The molecule has 0 unspecified atom stereocenters. The number of anilines is 1. The van der Waals surface area contributed by atoms with Crippen molar-refractivity contribution in [3.63, 3.8) is 0 Å². The van der Waals surface area contributed by atoms with Gasteiger partial charge in [0.15, 0.2) is 11.5 Å². The lowest BCUT2D eigenvalue weighted by Crippen LogP contribution is -2.13. The molecule has 1 amide bonds. The van der Waals surface area contributed by atoms with Crippen LogP contribution in [0.1, 0.15) is 22.8 Å². The van der Waals surface area contributed by atoms with Gasteiger partial charge in [0, 0.05) is 5.56 Å². The highest BCUT2D eigenvalue weighted by Crippen LogP contribution is 2.37. The van der Waals surface area contributed by atoms with Crippen molar-refractivity contribution in [3.8, 4) is 17.2 Å². The molecule has 0 atom stereocenters. The van der Waals surface area contributed by atoms with Crippen LogP contribution in [-0.4, -0.2) is 26.7 Å². The molecule has 5 nitrogen and oxygen atoms in total. The highest BCUT2D eigenvalue weighted by Gasteiger charge is 2.17. The van der Waals surface area contributed by atoms with Crippen LogP contribution in [0.25, 0.3) is 0 Å². The van der Waals surface area contributed by atoms with Crippen LogP contribution in [0, 0.1) is 6.92 Å². The predicted octanol–water partition coefficient (Wildman–Crippen LogP) is 4.32. The topological polar surface area (TPSA) is 56.8 Å². The average Bonchev–Trinajstić information content (AvgIpc) is 2.56. The Balaban J connectivity index is 2.34. The van der Waals surface area contributed by atoms with Gasteiger partial charge in [-0.15, -0.1) is 0 Å². The Morgan fingerprint density at radius 2 is 1.83 bits per heavy atom. The van der Waals surface area contributed by atoms with E-state index in [0.29, 0.717) is 40.1 Å². The molecule has 2 aromatic rings. The van der Waals surface area contributed by atoms with Gasteiger partial charge in [-0.1, -0.05) is 17.7 Å². The number of rotatable bonds is 6. The second kappa shape index (κ2) is 7.93. The van der Waals surface area contributed by atoms with E-state index in [1.165, 1.54) is 7.11 Å². The molecular weight excluding hydrogens is 330 g/mol. The van der Waals surface area contributed by atoms with Gasteiger partial charge in [0.25, 0.3) is 5.91 Å². The zero-order valence-electron chi connectivity index (χ0n) is 14.1. The Kier molecular flexibility index (Phi) is 5.93. The molecule has 0 fully saturated rings. The van der Waals surface area contributed by atoms with Crippen LogP contribution in [0.2, 0.25) is 5.02 Å². The quantitative estimate of drug-likeness (QED) is 0.844. The minimum Gasteiger partial charge on any atom is -0.495 e. The van der Waals surface area contributed by atoms with Crippen LogP contribution < -0.4 is 19.5 Å². The molecule has 1 N–H and O–H groups in total. The second-order valence-electron chi connectivity index (χ2n) is 5.08. The Hall–Kier alpha value is -2.40. The standard InChI is InChI=1S/C18H20ClNO4/c1-5-24-17-13(19)9-12(10-16(17)23-4)18(21)20-14-8-11(2)6-7-15(14)22-3/h6-10H,5H2,1-4H3,(H,20,21). The molecule has 6 heteroatoms. The van der Waals surface area contributed by atoms with Crippen molar-refractivity contribution in [2.75, 3.05) is 26.1 Å². The first kappa shape index (κ1) is 17.9. The van der Waals surface area contributed by atoms with Gasteiger partial charge in [-0.05, 0) is 43.7 Å². The summed E-state index contributed by atoms with van der Waals surface area (Å²) in [6, 6.07) is 8.69. The lowest BCUT2D eigenvalue weighted by Gasteiger charge is -2.14. The van der Waals surface area contributed by atoms with Gasteiger partial charge in [0.05, 0.1) is 31.5 Å². The van der Waals surface area contributed by atoms with Crippen LogP contribution in [-0.2, 0) is 0 Å². The number of benzene rings is 2. The van der Waals surface area contributed by atoms with E-state index in [0.717, 1.165) is 5.56 Å². The van der Waals surface area contributed by atoms with Crippen molar-refractivity contribution < 1.29 is 19.0 Å². The molecule has 0 spiro atoms. The molecule has 0 saturated heterocycles. The summed E-state index contributed by atoms with van der Waals surface area (Å²) in [5.41, 5.74) is 1.96. The number of amides is 1. The summed E-state index contributed by atoms with van der Waals surface area (Å²) in [5, 5.41) is 3.15. The van der Waals surface area contributed by atoms with Gasteiger partial charge in [-0.25, -0.2) is 0 Å². The number of carbonyl (C=O) groups is 1. The lowest BCUT2D eigenvalue weighted by molar-refractivity contribution is 0.102.